The first-order valence-electron chi connectivity index (χ1n) is 10.5. The Labute approximate surface area is 159 Å². The monoisotopic (exact) mass is 347 g/mol. The van der Waals surface area contributed by atoms with Gasteiger partial charge in [-0.25, -0.2) is 0 Å². The molecular formula is C25H33N. The number of benzene rings is 2. The zero-order valence-electron chi connectivity index (χ0n) is 16.6. The molecule has 0 bridgehead atoms. The van der Waals surface area contributed by atoms with Crippen LogP contribution in [0.3, 0.4) is 0 Å². The lowest BCUT2D eigenvalue weighted by atomic mass is 9.60. The molecule has 0 spiro atoms. The molecule has 0 heterocycles. The van der Waals surface area contributed by atoms with Crippen molar-refractivity contribution in [3.05, 3.63) is 70.8 Å². The second kappa shape index (κ2) is 7.19. The summed E-state index contributed by atoms with van der Waals surface area (Å²) in [6.45, 7) is 8.08. The first kappa shape index (κ1) is 17.8. The Hall–Kier alpha value is -1.60. The maximum atomic E-state index is 3.97. The summed E-state index contributed by atoms with van der Waals surface area (Å²) in [6, 6.07) is 18.2. The second-order valence-electron chi connectivity index (χ2n) is 9.01. The van der Waals surface area contributed by atoms with E-state index in [4.69, 9.17) is 0 Å². The van der Waals surface area contributed by atoms with Gasteiger partial charge in [0.15, 0.2) is 0 Å². The van der Waals surface area contributed by atoms with E-state index in [0.717, 1.165) is 18.4 Å². The van der Waals surface area contributed by atoms with Gasteiger partial charge in [0, 0.05) is 12.1 Å². The van der Waals surface area contributed by atoms with Crippen molar-refractivity contribution >= 4 is 0 Å². The lowest BCUT2D eigenvalue weighted by Crippen LogP contribution is -2.53. The molecule has 1 fully saturated rings. The Kier molecular flexibility index (Phi) is 4.92. The summed E-state index contributed by atoms with van der Waals surface area (Å²) in [4.78, 5) is 0. The average Bonchev–Trinajstić information content (AvgIpc) is 2.67. The van der Waals surface area contributed by atoms with Crippen LogP contribution in [0.4, 0.5) is 0 Å². The van der Waals surface area contributed by atoms with Gasteiger partial charge in [-0.1, -0.05) is 68.8 Å². The van der Waals surface area contributed by atoms with E-state index in [9.17, 15) is 0 Å². The first-order valence-corrected chi connectivity index (χ1v) is 10.5. The second-order valence-corrected chi connectivity index (χ2v) is 9.01. The molecule has 138 valence electrons. The Morgan fingerprint density at radius 1 is 1.08 bits per heavy atom. The van der Waals surface area contributed by atoms with E-state index in [0.29, 0.717) is 5.92 Å². The normalized spacial score (nSPS) is 27.8. The Bertz CT molecular complexity index is 748. The zero-order valence-corrected chi connectivity index (χ0v) is 16.6. The van der Waals surface area contributed by atoms with Crippen molar-refractivity contribution in [2.24, 2.45) is 5.92 Å². The molecule has 4 rings (SSSR count). The summed E-state index contributed by atoms with van der Waals surface area (Å²) in [5, 5.41) is 3.97. The predicted molar refractivity (Wildman–Crippen MR) is 111 cm³/mol. The molecule has 2 aliphatic carbocycles. The van der Waals surface area contributed by atoms with Crippen LogP contribution in [0.2, 0.25) is 0 Å². The maximum Gasteiger partial charge on any atom is 0.0210 e. The minimum atomic E-state index is 0.257. The molecule has 3 atom stereocenters. The summed E-state index contributed by atoms with van der Waals surface area (Å²) in [5.74, 6) is 2.13. The molecule has 2 aromatic carbocycles. The van der Waals surface area contributed by atoms with Gasteiger partial charge in [-0.3, -0.25) is 0 Å². The molecular weight excluding hydrogens is 314 g/mol. The van der Waals surface area contributed by atoms with Crippen molar-refractivity contribution in [2.45, 2.75) is 76.8 Å². The molecule has 2 aliphatic rings. The predicted octanol–water partition coefficient (Wildman–Crippen LogP) is 6.19. The van der Waals surface area contributed by atoms with Crippen LogP contribution in [0.15, 0.2) is 48.5 Å². The van der Waals surface area contributed by atoms with Gasteiger partial charge >= 0.3 is 0 Å². The van der Waals surface area contributed by atoms with Crippen molar-refractivity contribution in [1.29, 1.82) is 0 Å². The highest BCUT2D eigenvalue weighted by atomic mass is 15.0. The number of aryl methyl sites for hydroxylation is 1. The molecule has 0 unspecified atom stereocenters. The summed E-state index contributed by atoms with van der Waals surface area (Å²) in [5.41, 5.74) is 6.44. The highest BCUT2D eigenvalue weighted by Crippen LogP contribution is 2.49. The highest BCUT2D eigenvalue weighted by Gasteiger charge is 2.44. The molecule has 1 heteroatoms. The molecule has 1 saturated carbocycles. The maximum absolute atomic E-state index is 3.97. The fraction of sp³-hybridized carbons (Fsp3) is 0.520. The van der Waals surface area contributed by atoms with Gasteiger partial charge < -0.3 is 5.32 Å². The van der Waals surface area contributed by atoms with Gasteiger partial charge in [0.25, 0.3) is 0 Å². The smallest absolute Gasteiger partial charge is 0.0210 e. The number of rotatable bonds is 4. The van der Waals surface area contributed by atoms with Gasteiger partial charge in [-0.15, -0.1) is 0 Å². The molecule has 26 heavy (non-hydrogen) atoms. The SMILES string of the molecule is CC(C)c1ccc2c(c1)CC[C@H]1[C@@H]2CCC[C@@]1(C)NCc1ccccc1. The van der Waals surface area contributed by atoms with Crippen LogP contribution in [0.1, 0.15) is 80.5 Å². The third kappa shape index (κ3) is 3.34. The van der Waals surface area contributed by atoms with Crippen molar-refractivity contribution in [3.63, 3.8) is 0 Å². The van der Waals surface area contributed by atoms with E-state index in [1.165, 1.54) is 43.2 Å². The fourth-order valence-corrected chi connectivity index (χ4v) is 5.41. The van der Waals surface area contributed by atoms with Crippen LogP contribution in [0.5, 0.6) is 0 Å². The zero-order chi connectivity index (χ0) is 18.1. The first-order chi connectivity index (χ1) is 12.6. The molecule has 0 aliphatic heterocycles. The van der Waals surface area contributed by atoms with Gasteiger partial charge in [0.05, 0.1) is 0 Å². The molecule has 1 N–H and O–H groups in total. The quantitative estimate of drug-likeness (QED) is 0.695. The van der Waals surface area contributed by atoms with Crippen molar-refractivity contribution < 1.29 is 0 Å². The minimum absolute atomic E-state index is 0.257. The van der Waals surface area contributed by atoms with Crippen molar-refractivity contribution in [2.75, 3.05) is 0 Å². The topological polar surface area (TPSA) is 12.0 Å². The lowest BCUT2D eigenvalue weighted by molar-refractivity contribution is 0.118. The van der Waals surface area contributed by atoms with E-state index in [1.54, 1.807) is 11.1 Å². The number of fused-ring (bicyclic) bond motifs is 3. The van der Waals surface area contributed by atoms with Crippen LogP contribution in [-0.4, -0.2) is 5.54 Å². The number of nitrogens with one attached hydrogen (secondary N) is 1. The molecule has 2 aromatic rings. The fourth-order valence-electron chi connectivity index (χ4n) is 5.41. The average molecular weight is 348 g/mol. The van der Waals surface area contributed by atoms with Crippen LogP contribution < -0.4 is 5.32 Å². The van der Waals surface area contributed by atoms with E-state index in [2.05, 4.69) is 74.6 Å². The highest BCUT2D eigenvalue weighted by molar-refractivity contribution is 5.39. The van der Waals surface area contributed by atoms with Gasteiger partial charge in [0.2, 0.25) is 0 Å². The Morgan fingerprint density at radius 3 is 2.65 bits per heavy atom. The van der Waals surface area contributed by atoms with E-state index < -0.39 is 0 Å². The number of hydrogen-bond acceptors (Lipinski definition) is 1. The van der Waals surface area contributed by atoms with Crippen LogP contribution in [0.25, 0.3) is 0 Å². The third-order valence-electron chi connectivity index (χ3n) is 7.01. The molecule has 0 aromatic heterocycles. The lowest BCUT2D eigenvalue weighted by Gasteiger charge is -2.50. The Balaban J connectivity index is 1.55. The Morgan fingerprint density at radius 2 is 1.88 bits per heavy atom. The van der Waals surface area contributed by atoms with Crippen LogP contribution >= 0.6 is 0 Å². The van der Waals surface area contributed by atoms with Gasteiger partial charge in [0.1, 0.15) is 0 Å². The molecule has 0 saturated heterocycles. The summed E-state index contributed by atoms with van der Waals surface area (Å²) < 4.78 is 0. The number of hydrogen-bond donors (Lipinski definition) is 1. The van der Waals surface area contributed by atoms with E-state index in [-0.39, 0.29) is 5.54 Å². The van der Waals surface area contributed by atoms with Crippen LogP contribution in [0, 0.1) is 5.92 Å². The van der Waals surface area contributed by atoms with E-state index in [1.807, 2.05) is 0 Å². The summed E-state index contributed by atoms with van der Waals surface area (Å²) in [7, 11) is 0. The molecule has 0 radical (unpaired) electrons. The summed E-state index contributed by atoms with van der Waals surface area (Å²) >= 11 is 0. The third-order valence-corrected chi connectivity index (χ3v) is 7.01. The van der Waals surface area contributed by atoms with Gasteiger partial charge in [-0.05, 0) is 72.6 Å². The largest absolute Gasteiger partial charge is 0.307 e. The standard InChI is InChI=1S/C25H33N/c1-18(2)20-11-13-22-21(16-20)12-14-24-23(22)10-7-15-25(24,3)26-17-19-8-5-4-6-9-19/h4-6,8-9,11,13,16,18,23-24,26H,7,10,12,14-15,17H2,1-3H3/t23-,24+,25-/m1/s1. The summed E-state index contributed by atoms with van der Waals surface area (Å²) in [6.07, 6.45) is 6.59. The minimum Gasteiger partial charge on any atom is -0.307 e. The van der Waals surface area contributed by atoms with Crippen molar-refractivity contribution in [3.8, 4) is 0 Å². The molecule has 1 nitrogen and oxygen atoms in total. The molecule has 0 amide bonds. The van der Waals surface area contributed by atoms with Crippen LogP contribution in [-0.2, 0) is 13.0 Å². The van der Waals surface area contributed by atoms with Crippen molar-refractivity contribution in [1.82, 2.24) is 5.32 Å². The van der Waals surface area contributed by atoms with Gasteiger partial charge in [-0.2, -0.15) is 0 Å². The van der Waals surface area contributed by atoms with E-state index >= 15 is 0 Å².